The van der Waals surface area contributed by atoms with E-state index in [1.807, 2.05) is 78.6 Å². The van der Waals surface area contributed by atoms with Crippen LogP contribution < -0.4 is 16.2 Å². The molecule has 10 nitrogen and oxygen atoms in total. The Balaban J connectivity index is 1.23. The van der Waals surface area contributed by atoms with Crippen molar-refractivity contribution in [2.45, 2.75) is 71.6 Å². The third kappa shape index (κ3) is 9.10. The van der Waals surface area contributed by atoms with Gasteiger partial charge in [-0.25, -0.2) is 4.98 Å². The molecule has 2 atom stereocenters. The fraction of sp³-hybridized carbons (Fsp3) is 0.455. The summed E-state index contributed by atoms with van der Waals surface area (Å²) in [6.45, 7) is 16.1. The number of nitrogens with zero attached hydrogens (tertiary/aromatic N) is 4. The molecule has 2 aliphatic heterocycles. The molecule has 0 aliphatic carbocycles. The number of benzene rings is 3. The lowest BCUT2D eigenvalue weighted by Crippen LogP contribution is -2.45. The van der Waals surface area contributed by atoms with Crippen LogP contribution in [0.2, 0.25) is 0 Å². The number of aromatic nitrogens is 2. The minimum atomic E-state index is -0.265. The highest BCUT2D eigenvalue weighted by molar-refractivity contribution is 6.05. The molecule has 2 fully saturated rings. The van der Waals surface area contributed by atoms with E-state index in [0.717, 1.165) is 67.6 Å². The first-order valence-electron chi connectivity index (χ1n) is 19.5. The van der Waals surface area contributed by atoms with E-state index in [1.165, 1.54) is 4.57 Å². The summed E-state index contributed by atoms with van der Waals surface area (Å²) < 4.78 is 7.09. The van der Waals surface area contributed by atoms with Crippen molar-refractivity contribution in [3.8, 4) is 11.3 Å². The number of carbonyl (C=O) groups is 2. The van der Waals surface area contributed by atoms with Crippen molar-refractivity contribution >= 4 is 29.0 Å². The Kier molecular flexibility index (Phi) is 12.3. The lowest BCUT2D eigenvalue weighted by Gasteiger charge is -2.36. The number of hydrogen-bond acceptors (Lipinski definition) is 7. The van der Waals surface area contributed by atoms with Gasteiger partial charge in [0.15, 0.2) is 5.82 Å². The summed E-state index contributed by atoms with van der Waals surface area (Å²) in [5.74, 6) is 0.194. The standard InChI is InChI=1S/C44H56N6O4/c1-7-49-23-9-8-11-31(22-24-49)39(42(52)50-25-27-54-28-26-50)32-16-20-35(21-17-32)45-40-43(53)48(6)29-38(46-40)36-12-10-13-37(30(36)2)47-41(51)33-14-18-34(19-15-33)44(3,4)5/h10,12-21,29,31,39H,7-9,11,22-28H2,1-6H3,(H,45,46)(H,47,51). The van der Waals surface area contributed by atoms with Gasteiger partial charge in [-0.05, 0) is 104 Å². The molecule has 2 saturated heterocycles. The van der Waals surface area contributed by atoms with E-state index in [2.05, 4.69) is 43.2 Å². The molecular formula is C44H56N6O4. The van der Waals surface area contributed by atoms with Crippen molar-refractivity contribution in [2.24, 2.45) is 13.0 Å². The fourth-order valence-electron chi connectivity index (χ4n) is 7.69. The van der Waals surface area contributed by atoms with E-state index >= 15 is 0 Å². The minimum Gasteiger partial charge on any atom is -0.378 e. The van der Waals surface area contributed by atoms with E-state index < -0.39 is 0 Å². The number of anilines is 3. The van der Waals surface area contributed by atoms with Crippen LogP contribution in [0.1, 0.15) is 86.3 Å². The number of aryl methyl sites for hydroxylation is 1. The second-order valence-corrected chi connectivity index (χ2v) is 15.8. The van der Waals surface area contributed by atoms with Crippen LogP contribution in [0.3, 0.4) is 0 Å². The molecule has 54 heavy (non-hydrogen) atoms. The molecule has 4 aromatic rings. The molecule has 2 aliphatic rings. The molecule has 0 spiro atoms. The highest BCUT2D eigenvalue weighted by Gasteiger charge is 2.34. The Morgan fingerprint density at radius 2 is 1.65 bits per heavy atom. The second kappa shape index (κ2) is 17.1. The zero-order chi connectivity index (χ0) is 38.4. The van der Waals surface area contributed by atoms with E-state index in [9.17, 15) is 14.4 Å². The summed E-state index contributed by atoms with van der Waals surface area (Å²) in [7, 11) is 1.71. The number of morpholine rings is 1. The van der Waals surface area contributed by atoms with E-state index in [4.69, 9.17) is 9.72 Å². The molecule has 2 N–H and O–H groups in total. The molecule has 0 radical (unpaired) electrons. The fourth-order valence-corrected chi connectivity index (χ4v) is 7.69. The molecule has 286 valence electrons. The van der Waals surface area contributed by atoms with Crippen molar-refractivity contribution in [1.29, 1.82) is 0 Å². The largest absolute Gasteiger partial charge is 0.378 e. The van der Waals surface area contributed by atoms with Crippen LogP contribution in [0.15, 0.2) is 77.7 Å². The Morgan fingerprint density at radius 3 is 2.33 bits per heavy atom. The van der Waals surface area contributed by atoms with Crippen molar-refractivity contribution in [3.05, 3.63) is 106 Å². The van der Waals surface area contributed by atoms with Gasteiger partial charge in [0.25, 0.3) is 11.5 Å². The average molecular weight is 733 g/mol. The molecule has 0 bridgehead atoms. The van der Waals surface area contributed by atoms with E-state index in [1.54, 1.807) is 13.2 Å². The number of ether oxygens (including phenoxy) is 1. The third-order valence-corrected chi connectivity index (χ3v) is 11.1. The number of nitrogens with one attached hydrogen (secondary N) is 2. The van der Waals surface area contributed by atoms with Crippen molar-refractivity contribution < 1.29 is 14.3 Å². The second-order valence-electron chi connectivity index (χ2n) is 15.8. The van der Waals surface area contributed by atoms with Gasteiger partial charge in [-0.3, -0.25) is 14.4 Å². The number of carbonyl (C=O) groups excluding carboxylic acids is 2. The average Bonchev–Trinajstić information content (AvgIpc) is 3.16. The Labute approximate surface area is 319 Å². The third-order valence-electron chi connectivity index (χ3n) is 11.1. The normalized spacial score (nSPS) is 17.7. The van der Waals surface area contributed by atoms with Gasteiger partial charge < -0.3 is 29.7 Å². The van der Waals surface area contributed by atoms with Gasteiger partial charge in [0.1, 0.15) is 0 Å². The van der Waals surface area contributed by atoms with Gasteiger partial charge >= 0.3 is 0 Å². The predicted molar refractivity (Wildman–Crippen MR) is 217 cm³/mol. The maximum Gasteiger partial charge on any atom is 0.293 e. The summed E-state index contributed by atoms with van der Waals surface area (Å²) in [6, 6.07) is 21.3. The highest BCUT2D eigenvalue weighted by atomic mass is 16.5. The molecule has 0 saturated carbocycles. The van der Waals surface area contributed by atoms with Crippen LogP contribution in [0.25, 0.3) is 11.3 Å². The maximum atomic E-state index is 14.2. The van der Waals surface area contributed by atoms with Gasteiger partial charge in [0.2, 0.25) is 5.91 Å². The quantitative estimate of drug-likeness (QED) is 0.184. The van der Waals surface area contributed by atoms with Gasteiger partial charge in [-0.1, -0.05) is 70.5 Å². The molecule has 3 aromatic carbocycles. The van der Waals surface area contributed by atoms with Crippen LogP contribution in [0.5, 0.6) is 0 Å². The van der Waals surface area contributed by atoms with Crippen LogP contribution in [-0.2, 0) is 22.0 Å². The SMILES string of the molecule is CCN1CCCCC(C(C(=O)N2CCOCC2)c2ccc(Nc3nc(-c4cccc(NC(=O)c5ccc(C(C)(C)C)cc5)c4C)cn(C)c3=O)cc2)CC1. The van der Waals surface area contributed by atoms with Gasteiger partial charge in [0.05, 0.1) is 24.8 Å². The van der Waals surface area contributed by atoms with Crippen LogP contribution in [0, 0.1) is 12.8 Å². The topological polar surface area (TPSA) is 109 Å². The Bertz CT molecular complexity index is 1980. The van der Waals surface area contributed by atoms with E-state index in [-0.39, 0.29) is 40.4 Å². The highest BCUT2D eigenvalue weighted by Crippen LogP contribution is 2.36. The van der Waals surface area contributed by atoms with Crippen LogP contribution in [0.4, 0.5) is 17.2 Å². The smallest absolute Gasteiger partial charge is 0.293 e. The number of likely N-dealkylation sites (tertiary alicyclic amines) is 1. The molecule has 2 unspecified atom stereocenters. The van der Waals surface area contributed by atoms with Gasteiger partial charge in [-0.15, -0.1) is 0 Å². The molecule has 2 amide bonds. The summed E-state index contributed by atoms with van der Waals surface area (Å²) in [5.41, 5.74) is 6.10. The van der Waals surface area contributed by atoms with Crippen molar-refractivity contribution in [3.63, 3.8) is 0 Å². The summed E-state index contributed by atoms with van der Waals surface area (Å²) in [4.78, 5) is 50.1. The monoisotopic (exact) mass is 732 g/mol. The summed E-state index contributed by atoms with van der Waals surface area (Å²) in [6.07, 6.45) is 5.99. The van der Waals surface area contributed by atoms with Crippen LogP contribution >= 0.6 is 0 Å². The summed E-state index contributed by atoms with van der Waals surface area (Å²) >= 11 is 0. The zero-order valence-corrected chi connectivity index (χ0v) is 32.8. The van der Waals surface area contributed by atoms with Crippen LogP contribution in [-0.4, -0.2) is 77.1 Å². The lowest BCUT2D eigenvalue weighted by molar-refractivity contribution is -0.138. The van der Waals surface area contributed by atoms with Gasteiger partial charge in [-0.2, -0.15) is 0 Å². The van der Waals surface area contributed by atoms with Crippen molar-refractivity contribution in [1.82, 2.24) is 19.4 Å². The zero-order valence-electron chi connectivity index (χ0n) is 32.8. The molecule has 1 aromatic heterocycles. The Hall–Kier alpha value is -4.80. The number of rotatable bonds is 9. The predicted octanol–water partition coefficient (Wildman–Crippen LogP) is 7.50. The minimum absolute atomic E-state index is 0.00247. The maximum absolute atomic E-state index is 14.2. The molecular weight excluding hydrogens is 677 g/mol. The molecule has 6 rings (SSSR count). The first kappa shape index (κ1) is 38.9. The van der Waals surface area contributed by atoms with Gasteiger partial charge in [0, 0.05) is 48.8 Å². The summed E-state index contributed by atoms with van der Waals surface area (Å²) in [5, 5.41) is 6.33. The van der Waals surface area contributed by atoms with Crippen molar-refractivity contribution in [2.75, 3.05) is 56.6 Å². The number of amides is 2. The lowest BCUT2D eigenvalue weighted by atomic mass is 9.79. The first-order chi connectivity index (χ1) is 25.9. The molecule has 10 heteroatoms. The number of hydrogen-bond donors (Lipinski definition) is 2. The molecule has 3 heterocycles. The first-order valence-corrected chi connectivity index (χ1v) is 19.5. The Morgan fingerprint density at radius 1 is 0.926 bits per heavy atom. The van der Waals surface area contributed by atoms with E-state index in [0.29, 0.717) is 48.9 Å².